The molecule has 0 fully saturated rings. The summed E-state index contributed by atoms with van der Waals surface area (Å²) in [5.41, 5.74) is 1.34. The molecule has 1 aromatic rings. The van der Waals surface area contributed by atoms with Gasteiger partial charge in [0.2, 0.25) is 0 Å². The fourth-order valence-corrected chi connectivity index (χ4v) is 2.16. The highest BCUT2D eigenvalue weighted by atomic mass is 79.9. The number of alkyl halides is 1. The van der Waals surface area contributed by atoms with E-state index in [1.54, 1.807) is 0 Å². The van der Waals surface area contributed by atoms with E-state index >= 15 is 0 Å². The average Bonchev–Trinajstić information content (AvgIpc) is 2.09. The number of hydrogen-bond acceptors (Lipinski definition) is 1. The Kier molecular flexibility index (Phi) is 4.99. The van der Waals surface area contributed by atoms with Crippen LogP contribution in [-0.2, 0) is 6.54 Å². The van der Waals surface area contributed by atoms with Gasteiger partial charge in [0, 0.05) is 22.9 Å². The van der Waals surface area contributed by atoms with Crippen LogP contribution in [0.25, 0.3) is 0 Å². The third kappa shape index (κ3) is 3.79. The lowest BCUT2D eigenvalue weighted by Crippen LogP contribution is -2.20. The van der Waals surface area contributed by atoms with Crippen molar-refractivity contribution in [3.63, 3.8) is 0 Å². The van der Waals surface area contributed by atoms with Crippen LogP contribution < -0.4 is 0 Å². The minimum absolute atomic E-state index is 0.993. The van der Waals surface area contributed by atoms with Gasteiger partial charge in [0.05, 0.1) is 0 Å². The molecule has 3 heteroatoms. The third-order valence-electron chi connectivity index (χ3n) is 1.86. The maximum Gasteiger partial charge on any atom is 0.0242 e. The summed E-state index contributed by atoms with van der Waals surface area (Å²) in [7, 11) is 2.13. The second kappa shape index (κ2) is 5.78. The molecule has 0 spiro atoms. The van der Waals surface area contributed by atoms with Gasteiger partial charge < -0.3 is 4.90 Å². The molecule has 0 aromatic heterocycles. The molecule has 0 saturated heterocycles. The standard InChI is InChI=1S/C10H13Br2N/c1-13(7-6-11)8-9-4-2-3-5-10(9)12/h2-5H,6-8H2,1H3. The number of benzene rings is 1. The van der Waals surface area contributed by atoms with Gasteiger partial charge in [-0.05, 0) is 18.7 Å². The van der Waals surface area contributed by atoms with Crippen LogP contribution in [0.5, 0.6) is 0 Å². The zero-order valence-electron chi connectivity index (χ0n) is 7.63. The molecule has 0 bridgehead atoms. The Balaban J connectivity index is 2.58. The summed E-state index contributed by atoms with van der Waals surface area (Å²) in [4.78, 5) is 2.29. The maximum absolute atomic E-state index is 3.54. The molecule has 1 aromatic carbocycles. The van der Waals surface area contributed by atoms with Crippen LogP contribution in [-0.4, -0.2) is 23.8 Å². The Morgan fingerprint density at radius 1 is 1.31 bits per heavy atom. The van der Waals surface area contributed by atoms with Crippen molar-refractivity contribution in [2.45, 2.75) is 6.54 Å². The smallest absolute Gasteiger partial charge is 0.0242 e. The van der Waals surface area contributed by atoms with Gasteiger partial charge in [-0.15, -0.1) is 0 Å². The van der Waals surface area contributed by atoms with Crippen molar-refractivity contribution in [3.05, 3.63) is 34.3 Å². The Hall–Kier alpha value is 0.140. The predicted octanol–water partition coefficient (Wildman–Crippen LogP) is 3.28. The van der Waals surface area contributed by atoms with Crippen LogP contribution in [0.2, 0.25) is 0 Å². The summed E-state index contributed by atoms with van der Waals surface area (Å²) in [6.45, 7) is 2.06. The van der Waals surface area contributed by atoms with E-state index in [4.69, 9.17) is 0 Å². The van der Waals surface area contributed by atoms with E-state index in [0.29, 0.717) is 0 Å². The number of hydrogen-bond donors (Lipinski definition) is 0. The van der Waals surface area contributed by atoms with Gasteiger partial charge in [-0.1, -0.05) is 50.1 Å². The minimum atomic E-state index is 0.993. The van der Waals surface area contributed by atoms with Gasteiger partial charge in [0.25, 0.3) is 0 Å². The lowest BCUT2D eigenvalue weighted by atomic mass is 10.2. The van der Waals surface area contributed by atoms with Crippen molar-refractivity contribution in [3.8, 4) is 0 Å². The van der Waals surface area contributed by atoms with E-state index in [1.165, 1.54) is 10.0 Å². The highest BCUT2D eigenvalue weighted by molar-refractivity contribution is 9.10. The highest BCUT2D eigenvalue weighted by Crippen LogP contribution is 2.17. The predicted molar refractivity (Wildman–Crippen MR) is 64.3 cm³/mol. The first kappa shape index (κ1) is 11.2. The van der Waals surface area contributed by atoms with Crippen LogP contribution in [0, 0.1) is 0 Å². The Morgan fingerprint density at radius 2 is 2.00 bits per heavy atom. The zero-order chi connectivity index (χ0) is 9.68. The Bertz CT molecular complexity index is 263. The molecule has 0 aliphatic carbocycles. The van der Waals surface area contributed by atoms with Crippen LogP contribution >= 0.6 is 31.9 Å². The SMILES string of the molecule is CN(CCBr)Cc1ccccc1Br. The third-order valence-corrected chi connectivity index (χ3v) is 2.99. The first-order valence-corrected chi connectivity index (χ1v) is 6.13. The lowest BCUT2D eigenvalue weighted by Gasteiger charge is -2.15. The van der Waals surface area contributed by atoms with Crippen LogP contribution in [0.1, 0.15) is 5.56 Å². The molecule has 0 saturated carbocycles. The number of nitrogens with zero attached hydrogens (tertiary/aromatic N) is 1. The second-order valence-corrected chi connectivity index (χ2v) is 4.67. The van der Waals surface area contributed by atoms with Gasteiger partial charge in [-0.25, -0.2) is 0 Å². The minimum Gasteiger partial charge on any atom is -0.301 e. The highest BCUT2D eigenvalue weighted by Gasteiger charge is 2.01. The van der Waals surface area contributed by atoms with Gasteiger partial charge in [0.15, 0.2) is 0 Å². The molecular weight excluding hydrogens is 294 g/mol. The van der Waals surface area contributed by atoms with Gasteiger partial charge in [-0.3, -0.25) is 0 Å². The summed E-state index contributed by atoms with van der Waals surface area (Å²) >= 11 is 6.97. The molecule has 0 N–H and O–H groups in total. The van der Waals surface area contributed by atoms with E-state index in [-0.39, 0.29) is 0 Å². The molecule has 0 amide bonds. The summed E-state index contributed by atoms with van der Waals surface area (Å²) in [6, 6.07) is 8.34. The Labute approximate surface area is 96.4 Å². The molecule has 1 nitrogen and oxygen atoms in total. The van der Waals surface area contributed by atoms with Gasteiger partial charge in [0.1, 0.15) is 0 Å². The van der Waals surface area contributed by atoms with Crippen molar-refractivity contribution in [1.82, 2.24) is 4.90 Å². The van der Waals surface area contributed by atoms with E-state index in [2.05, 4.69) is 62.0 Å². The fraction of sp³-hybridized carbons (Fsp3) is 0.400. The monoisotopic (exact) mass is 305 g/mol. The Morgan fingerprint density at radius 3 is 2.62 bits per heavy atom. The summed E-state index contributed by atoms with van der Waals surface area (Å²) < 4.78 is 1.19. The van der Waals surface area contributed by atoms with Gasteiger partial charge >= 0.3 is 0 Å². The van der Waals surface area contributed by atoms with E-state index in [1.807, 2.05) is 6.07 Å². The molecule has 0 aliphatic rings. The van der Waals surface area contributed by atoms with E-state index in [9.17, 15) is 0 Å². The first-order chi connectivity index (χ1) is 6.24. The molecule has 0 aliphatic heterocycles. The lowest BCUT2D eigenvalue weighted by molar-refractivity contribution is 0.349. The van der Waals surface area contributed by atoms with Crippen LogP contribution in [0.15, 0.2) is 28.7 Å². The summed E-state index contributed by atoms with van der Waals surface area (Å²) in [5, 5.41) is 1.02. The molecule has 0 radical (unpaired) electrons. The maximum atomic E-state index is 3.54. The van der Waals surface area contributed by atoms with Crippen molar-refractivity contribution >= 4 is 31.9 Å². The van der Waals surface area contributed by atoms with Crippen molar-refractivity contribution in [2.24, 2.45) is 0 Å². The molecule has 72 valence electrons. The molecule has 0 atom stereocenters. The van der Waals surface area contributed by atoms with E-state index < -0.39 is 0 Å². The van der Waals surface area contributed by atoms with Crippen LogP contribution in [0.3, 0.4) is 0 Å². The summed E-state index contributed by atoms with van der Waals surface area (Å²) in [6.07, 6.45) is 0. The average molecular weight is 307 g/mol. The molecule has 0 heterocycles. The van der Waals surface area contributed by atoms with Crippen molar-refractivity contribution in [2.75, 3.05) is 18.9 Å². The molecular formula is C10H13Br2N. The number of rotatable bonds is 4. The second-order valence-electron chi connectivity index (χ2n) is 3.02. The molecule has 13 heavy (non-hydrogen) atoms. The van der Waals surface area contributed by atoms with Gasteiger partial charge in [-0.2, -0.15) is 0 Å². The topological polar surface area (TPSA) is 3.24 Å². The van der Waals surface area contributed by atoms with E-state index in [0.717, 1.165) is 18.4 Å². The quantitative estimate of drug-likeness (QED) is 0.772. The largest absolute Gasteiger partial charge is 0.301 e. The van der Waals surface area contributed by atoms with Crippen molar-refractivity contribution < 1.29 is 0 Å². The first-order valence-electron chi connectivity index (χ1n) is 4.22. The zero-order valence-corrected chi connectivity index (χ0v) is 10.8. The fourth-order valence-electron chi connectivity index (χ4n) is 1.14. The summed E-state index contributed by atoms with van der Waals surface area (Å²) in [5.74, 6) is 0. The number of halogens is 2. The normalized spacial score (nSPS) is 10.8. The molecule has 0 unspecified atom stereocenters. The van der Waals surface area contributed by atoms with Crippen LogP contribution in [0.4, 0.5) is 0 Å². The van der Waals surface area contributed by atoms with Crippen molar-refractivity contribution in [1.29, 1.82) is 0 Å². The molecule has 1 rings (SSSR count).